The Kier molecular flexibility index (Phi) is 7.08. The van der Waals surface area contributed by atoms with Crippen molar-refractivity contribution in [1.82, 2.24) is 0 Å². The van der Waals surface area contributed by atoms with Crippen molar-refractivity contribution in [3.05, 3.63) is 0 Å². The molecule has 0 aromatic rings. The van der Waals surface area contributed by atoms with Crippen LogP contribution < -0.4 is 17.2 Å². The average molecular weight is 245 g/mol. The van der Waals surface area contributed by atoms with E-state index in [-0.39, 0.29) is 6.42 Å². The second kappa shape index (κ2) is 7.75. The number of rotatable bonds is 7. The number of unbranched alkanes of at least 4 members (excludes halogenated alkanes) is 1. The number of hydrogen-bond acceptors (Lipinski definition) is 6. The van der Waals surface area contributed by atoms with Gasteiger partial charge in [0.25, 0.3) is 0 Å². The molecule has 7 nitrogen and oxygen atoms in total. The molecule has 0 unspecified atom stereocenters. The van der Waals surface area contributed by atoms with Crippen LogP contribution in [0.25, 0.3) is 0 Å². The average Bonchev–Trinajstić information content (AvgIpc) is 2.24. The molecule has 98 valence electrons. The Balaban J connectivity index is 4.10. The largest absolute Gasteiger partial charge is 0.391 e. The molecule has 0 bridgehead atoms. The summed E-state index contributed by atoms with van der Waals surface area (Å²) in [5.41, 5.74) is 15.6. The van der Waals surface area contributed by atoms with Crippen LogP contribution in [0.5, 0.6) is 0 Å². The molecule has 0 saturated heterocycles. The van der Waals surface area contributed by atoms with E-state index in [0.29, 0.717) is 6.42 Å². The zero-order chi connectivity index (χ0) is 13.4. The third kappa shape index (κ3) is 6.64. The smallest absolute Gasteiger partial charge is 0.331 e. The highest BCUT2D eigenvalue weighted by Gasteiger charge is 2.23. The number of nitrogens with two attached hydrogens (primary N) is 3. The first kappa shape index (κ1) is 15.5. The molecule has 0 radical (unpaired) electrons. The predicted molar refractivity (Wildman–Crippen MR) is 60.4 cm³/mol. The van der Waals surface area contributed by atoms with Crippen molar-refractivity contribution in [3.63, 3.8) is 0 Å². The summed E-state index contributed by atoms with van der Waals surface area (Å²) in [6, 6.07) is -2.07. The molecular weight excluding hydrogens is 226 g/mol. The quantitative estimate of drug-likeness (QED) is 0.379. The fraction of sp³-hybridized carbons (Fsp3) is 0.700. The Labute approximate surface area is 99.6 Å². The van der Waals surface area contributed by atoms with Crippen LogP contribution in [0.3, 0.4) is 0 Å². The minimum absolute atomic E-state index is 0.365. The summed E-state index contributed by atoms with van der Waals surface area (Å²) < 4.78 is 4.44. The Bertz CT molecular complexity index is 293. The molecule has 2 atom stereocenters. The highest BCUT2D eigenvalue weighted by Crippen LogP contribution is 2.01. The van der Waals surface area contributed by atoms with Gasteiger partial charge in [0.1, 0.15) is 12.1 Å². The molecule has 0 rings (SSSR count). The molecule has 0 heterocycles. The first-order valence-electron chi connectivity index (χ1n) is 5.43. The number of amides is 1. The van der Waals surface area contributed by atoms with Gasteiger partial charge in [-0.1, -0.05) is 19.8 Å². The summed E-state index contributed by atoms with van der Waals surface area (Å²) in [6.45, 7) is 1.95. The first-order chi connectivity index (χ1) is 7.88. The van der Waals surface area contributed by atoms with Crippen molar-refractivity contribution < 1.29 is 19.1 Å². The molecule has 6 N–H and O–H groups in total. The maximum Gasteiger partial charge on any atom is 0.331 e. The van der Waals surface area contributed by atoms with Gasteiger partial charge in [-0.25, -0.2) is 9.59 Å². The van der Waals surface area contributed by atoms with E-state index in [1.54, 1.807) is 0 Å². The molecule has 0 aromatic heterocycles. The Morgan fingerprint density at radius 3 is 2.12 bits per heavy atom. The van der Waals surface area contributed by atoms with Crippen LogP contribution in [0.2, 0.25) is 0 Å². The highest BCUT2D eigenvalue weighted by molar-refractivity contribution is 5.92. The lowest BCUT2D eigenvalue weighted by molar-refractivity contribution is -0.162. The summed E-state index contributed by atoms with van der Waals surface area (Å²) >= 11 is 0. The lowest BCUT2D eigenvalue weighted by atomic mass is 10.1. The minimum atomic E-state index is -1.23. The van der Waals surface area contributed by atoms with Crippen molar-refractivity contribution in [1.29, 1.82) is 0 Å². The lowest BCUT2D eigenvalue weighted by Gasteiger charge is -2.12. The van der Waals surface area contributed by atoms with E-state index in [0.717, 1.165) is 12.8 Å². The fourth-order valence-corrected chi connectivity index (χ4v) is 1.09. The van der Waals surface area contributed by atoms with Crippen LogP contribution in [0.1, 0.15) is 32.6 Å². The fourth-order valence-electron chi connectivity index (χ4n) is 1.09. The molecule has 0 aliphatic rings. The zero-order valence-electron chi connectivity index (χ0n) is 9.85. The van der Waals surface area contributed by atoms with E-state index >= 15 is 0 Å². The summed E-state index contributed by atoms with van der Waals surface area (Å²) in [5.74, 6) is -2.55. The summed E-state index contributed by atoms with van der Waals surface area (Å²) in [5, 5.41) is 0. The molecule has 1 amide bonds. The SMILES string of the molecule is CCCC[C@H](N)C(=O)OC(=O)[C@@H](N)CC(N)=O. The molecule has 0 fully saturated rings. The van der Waals surface area contributed by atoms with Gasteiger partial charge in [0.05, 0.1) is 6.42 Å². The molecule has 0 aliphatic carbocycles. The summed E-state index contributed by atoms with van der Waals surface area (Å²) in [7, 11) is 0. The summed E-state index contributed by atoms with van der Waals surface area (Å²) in [4.78, 5) is 33.0. The topological polar surface area (TPSA) is 138 Å². The van der Waals surface area contributed by atoms with Crippen molar-refractivity contribution in [2.24, 2.45) is 17.2 Å². The first-order valence-corrected chi connectivity index (χ1v) is 5.43. The monoisotopic (exact) mass is 245 g/mol. The van der Waals surface area contributed by atoms with E-state index in [2.05, 4.69) is 4.74 Å². The van der Waals surface area contributed by atoms with Crippen molar-refractivity contribution in [2.75, 3.05) is 0 Å². The van der Waals surface area contributed by atoms with Crippen molar-refractivity contribution in [3.8, 4) is 0 Å². The number of primary amides is 1. The van der Waals surface area contributed by atoms with Gasteiger partial charge >= 0.3 is 11.9 Å². The van der Waals surface area contributed by atoms with E-state index in [9.17, 15) is 14.4 Å². The second-order valence-electron chi connectivity index (χ2n) is 3.77. The minimum Gasteiger partial charge on any atom is -0.391 e. The maximum atomic E-state index is 11.3. The van der Waals surface area contributed by atoms with Crippen LogP contribution >= 0.6 is 0 Å². The van der Waals surface area contributed by atoms with Gasteiger partial charge in [0.2, 0.25) is 5.91 Å². The standard InChI is InChI=1S/C10H19N3O4/c1-2-3-4-6(11)9(15)17-10(16)7(12)5-8(13)14/h6-7H,2-5,11-12H2,1H3,(H2,13,14)/t6-,7-/m0/s1. The van der Waals surface area contributed by atoms with Crippen molar-refractivity contribution in [2.45, 2.75) is 44.7 Å². The highest BCUT2D eigenvalue weighted by atomic mass is 16.6. The van der Waals surface area contributed by atoms with Gasteiger partial charge in [-0.2, -0.15) is 0 Å². The van der Waals surface area contributed by atoms with Gasteiger partial charge in [-0.3, -0.25) is 4.79 Å². The van der Waals surface area contributed by atoms with Crippen molar-refractivity contribution >= 4 is 17.8 Å². The maximum absolute atomic E-state index is 11.3. The van der Waals surface area contributed by atoms with Crippen LogP contribution in [-0.2, 0) is 19.1 Å². The Morgan fingerprint density at radius 2 is 1.65 bits per heavy atom. The normalized spacial score (nSPS) is 13.8. The van der Waals surface area contributed by atoms with E-state index in [4.69, 9.17) is 17.2 Å². The van der Waals surface area contributed by atoms with E-state index < -0.39 is 29.9 Å². The van der Waals surface area contributed by atoms with E-state index in [1.807, 2.05) is 6.92 Å². The van der Waals surface area contributed by atoms with Crippen LogP contribution in [-0.4, -0.2) is 29.9 Å². The Hall–Kier alpha value is -1.47. The van der Waals surface area contributed by atoms with Gasteiger partial charge in [0.15, 0.2) is 0 Å². The number of carbonyl (C=O) groups excluding carboxylic acids is 3. The third-order valence-corrected chi connectivity index (χ3v) is 2.10. The van der Waals surface area contributed by atoms with Gasteiger partial charge in [0, 0.05) is 0 Å². The van der Waals surface area contributed by atoms with E-state index in [1.165, 1.54) is 0 Å². The zero-order valence-corrected chi connectivity index (χ0v) is 9.85. The number of hydrogen-bond donors (Lipinski definition) is 3. The number of carbonyl (C=O) groups is 3. The molecule has 0 saturated carbocycles. The predicted octanol–water partition coefficient (Wildman–Crippen LogP) is -1.22. The van der Waals surface area contributed by atoms with Gasteiger partial charge in [-0.05, 0) is 6.42 Å². The Morgan fingerprint density at radius 1 is 1.12 bits per heavy atom. The lowest BCUT2D eigenvalue weighted by Crippen LogP contribution is -2.41. The van der Waals surface area contributed by atoms with Gasteiger partial charge < -0.3 is 21.9 Å². The molecule has 7 heteroatoms. The van der Waals surface area contributed by atoms with Crippen LogP contribution in [0, 0.1) is 0 Å². The number of ether oxygens (including phenoxy) is 1. The number of esters is 2. The molecular formula is C10H19N3O4. The molecule has 0 aromatic carbocycles. The van der Waals surface area contributed by atoms with Gasteiger partial charge in [-0.15, -0.1) is 0 Å². The molecule has 0 spiro atoms. The molecule has 17 heavy (non-hydrogen) atoms. The summed E-state index contributed by atoms with van der Waals surface area (Å²) in [6.07, 6.45) is 1.72. The van der Waals surface area contributed by atoms with Crippen LogP contribution in [0.15, 0.2) is 0 Å². The third-order valence-electron chi connectivity index (χ3n) is 2.10. The second-order valence-corrected chi connectivity index (χ2v) is 3.77. The van der Waals surface area contributed by atoms with Crippen LogP contribution in [0.4, 0.5) is 0 Å². The molecule has 0 aliphatic heterocycles.